The maximum Gasteiger partial charge on any atom is 0.416 e. The summed E-state index contributed by atoms with van der Waals surface area (Å²) < 4.78 is 39.3. The van der Waals surface area contributed by atoms with Crippen LogP contribution in [0.25, 0.3) is 0 Å². The van der Waals surface area contributed by atoms with Crippen molar-refractivity contribution < 1.29 is 18.0 Å². The molecule has 7 heteroatoms. The van der Waals surface area contributed by atoms with E-state index in [4.69, 9.17) is 5.73 Å². The molecule has 1 fully saturated rings. The molecule has 1 aliphatic rings. The zero-order valence-corrected chi connectivity index (χ0v) is 14.7. The molecule has 1 amide bonds. The summed E-state index contributed by atoms with van der Waals surface area (Å²) in [5.41, 5.74) is 6.60. The van der Waals surface area contributed by atoms with E-state index in [9.17, 15) is 18.0 Å². The van der Waals surface area contributed by atoms with Gasteiger partial charge in [0.05, 0.1) is 16.9 Å². The number of hydrogen-bond acceptors (Lipinski definition) is 3. The fraction of sp³-hybridized carbons (Fsp3) is 0.350. The Morgan fingerprint density at radius 1 is 1.07 bits per heavy atom. The van der Waals surface area contributed by atoms with Crippen LogP contribution in [0, 0.1) is 5.92 Å². The number of alkyl halides is 3. The lowest BCUT2D eigenvalue weighted by Crippen LogP contribution is -2.24. The maximum absolute atomic E-state index is 13.1. The lowest BCUT2D eigenvalue weighted by molar-refractivity contribution is -0.137. The van der Waals surface area contributed by atoms with E-state index < -0.39 is 11.7 Å². The average molecular weight is 377 g/mol. The Morgan fingerprint density at radius 2 is 1.81 bits per heavy atom. The predicted octanol–water partition coefficient (Wildman–Crippen LogP) is 4.38. The first-order valence-corrected chi connectivity index (χ1v) is 8.88. The summed E-state index contributed by atoms with van der Waals surface area (Å²) in [6.07, 6.45) is -2.52. The van der Waals surface area contributed by atoms with Crippen LogP contribution in [-0.4, -0.2) is 11.9 Å². The number of nitrogens with two attached hydrogens (primary N) is 1. The van der Waals surface area contributed by atoms with Crippen molar-refractivity contribution in [2.75, 3.05) is 10.6 Å². The van der Waals surface area contributed by atoms with Gasteiger partial charge in [-0.15, -0.1) is 0 Å². The van der Waals surface area contributed by atoms with Crippen LogP contribution in [0.2, 0.25) is 0 Å². The summed E-state index contributed by atoms with van der Waals surface area (Å²) in [7, 11) is 0. The Balaban J connectivity index is 1.80. The Morgan fingerprint density at radius 3 is 2.44 bits per heavy atom. The highest BCUT2D eigenvalue weighted by Gasteiger charge is 2.32. The van der Waals surface area contributed by atoms with E-state index in [-0.39, 0.29) is 23.6 Å². The monoisotopic (exact) mass is 377 g/mol. The number of nitrogens with one attached hydrogen (secondary N) is 2. The molecule has 1 saturated carbocycles. The second-order valence-electron chi connectivity index (χ2n) is 6.86. The number of rotatable bonds is 5. The predicted molar refractivity (Wildman–Crippen MR) is 99.2 cm³/mol. The standard InChI is InChI=1S/C20H22F3N3O/c21-20(22,23)15-7-9-17(25-12-13-4-2-1-3-5-13)18(11-15)26-19(27)14-6-8-16(24)10-14/h1-5,7,9,11,14,16,25H,6,8,10,12,24H2,(H,26,27). The van der Waals surface area contributed by atoms with Gasteiger partial charge in [0.2, 0.25) is 5.91 Å². The van der Waals surface area contributed by atoms with Crippen LogP contribution in [0.3, 0.4) is 0 Å². The minimum Gasteiger partial charge on any atom is -0.379 e. The summed E-state index contributed by atoms with van der Waals surface area (Å²) in [6, 6.07) is 12.8. The largest absolute Gasteiger partial charge is 0.416 e. The van der Waals surface area contributed by atoms with Crippen molar-refractivity contribution >= 4 is 17.3 Å². The lowest BCUT2D eigenvalue weighted by atomic mass is 10.1. The van der Waals surface area contributed by atoms with Gasteiger partial charge < -0.3 is 16.4 Å². The van der Waals surface area contributed by atoms with Gasteiger partial charge in [-0.25, -0.2) is 0 Å². The van der Waals surface area contributed by atoms with Gasteiger partial charge in [-0.1, -0.05) is 30.3 Å². The van der Waals surface area contributed by atoms with Crippen LogP contribution in [0.15, 0.2) is 48.5 Å². The molecule has 27 heavy (non-hydrogen) atoms. The molecule has 1 aliphatic carbocycles. The van der Waals surface area contributed by atoms with Crippen molar-refractivity contribution in [1.82, 2.24) is 0 Å². The van der Waals surface area contributed by atoms with Gasteiger partial charge in [-0.2, -0.15) is 13.2 Å². The Hall–Kier alpha value is -2.54. The number of hydrogen-bond donors (Lipinski definition) is 3. The number of carbonyl (C=O) groups excluding carboxylic acids is 1. The molecule has 0 heterocycles. The van der Waals surface area contributed by atoms with E-state index in [0.717, 1.165) is 24.1 Å². The van der Waals surface area contributed by atoms with E-state index in [1.165, 1.54) is 6.07 Å². The minimum absolute atomic E-state index is 0.0297. The van der Waals surface area contributed by atoms with Crippen LogP contribution in [-0.2, 0) is 17.5 Å². The third kappa shape index (κ3) is 5.01. The molecule has 0 spiro atoms. The minimum atomic E-state index is -4.48. The first-order chi connectivity index (χ1) is 12.8. The second-order valence-corrected chi connectivity index (χ2v) is 6.86. The van der Waals surface area contributed by atoms with Crippen LogP contribution < -0.4 is 16.4 Å². The van der Waals surface area contributed by atoms with E-state index in [2.05, 4.69) is 10.6 Å². The number of carbonyl (C=O) groups is 1. The van der Waals surface area contributed by atoms with Gasteiger partial charge in [-0.05, 0) is 43.0 Å². The highest BCUT2D eigenvalue weighted by molar-refractivity contribution is 5.96. The van der Waals surface area contributed by atoms with Crippen molar-refractivity contribution in [1.29, 1.82) is 0 Å². The molecule has 144 valence electrons. The zero-order valence-electron chi connectivity index (χ0n) is 14.7. The van der Waals surface area contributed by atoms with Crippen molar-refractivity contribution in [2.24, 2.45) is 11.7 Å². The summed E-state index contributed by atoms with van der Waals surface area (Å²) >= 11 is 0. The molecule has 0 radical (unpaired) electrons. The first kappa shape index (κ1) is 19.2. The van der Waals surface area contributed by atoms with Crippen LogP contribution in [0.4, 0.5) is 24.5 Å². The Labute approximate surface area is 155 Å². The van der Waals surface area contributed by atoms with Crippen LogP contribution >= 0.6 is 0 Å². The lowest BCUT2D eigenvalue weighted by Gasteiger charge is -2.18. The Kier molecular flexibility index (Phi) is 5.70. The number of anilines is 2. The highest BCUT2D eigenvalue weighted by Crippen LogP contribution is 2.35. The van der Waals surface area contributed by atoms with Crippen LogP contribution in [0.1, 0.15) is 30.4 Å². The molecule has 4 nitrogen and oxygen atoms in total. The second kappa shape index (κ2) is 8.00. The number of amides is 1. The topological polar surface area (TPSA) is 67.2 Å². The summed E-state index contributed by atoms with van der Waals surface area (Å²) in [4.78, 5) is 12.5. The van der Waals surface area contributed by atoms with Gasteiger partial charge in [0.1, 0.15) is 0 Å². The molecule has 0 saturated heterocycles. The van der Waals surface area contributed by atoms with Gasteiger partial charge in [0.15, 0.2) is 0 Å². The summed E-state index contributed by atoms with van der Waals surface area (Å²) in [5.74, 6) is -0.554. The van der Waals surface area contributed by atoms with Gasteiger partial charge in [-0.3, -0.25) is 4.79 Å². The van der Waals surface area contributed by atoms with E-state index in [0.29, 0.717) is 25.1 Å². The Bertz CT molecular complexity index is 793. The fourth-order valence-corrected chi connectivity index (χ4v) is 3.26. The summed E-state index contributed by atoms with van der Waals surface area (Å²) in [6.45, 7) is 0.434. The van der Waals surface area contributed by atoms with Gasteiger partial charge >= 0.3 is 6.18 Å². The molecule has 2 atom stereocenters. The molecule has 2 unspecified atom stereocenters. The number of halogens is 3. The molecule has 0 bridgehead atoms. The molecule has 3 rings (SSSR count). The SMILES string of the molecule is NC1CCC(C(=O)Nc2cc(C(F)(F)F)ccc2NCc2ccccc2)C1. The number of benzene rings is 2. The third-order valence-electron chi connectivity index (χ3n) is 4.77. The molecule has 0 aliphatic heterocycles. The van der Waals surface area contributed by atoms with Crippen molar-refractivity contribution in [3.8, 4) is 0 Å². The van der Waals surface area contributed by atoms with Crippen LogP contribution in [0.5, 0.6) is 0 Å². The molecule has 4 N–H and O–H groups in total. The van der Waals surface area contributed by atoms with Crippen molar-refractivity contribution in [2.45, 2.75) is 38.0 Å². The van der Waals surface area contributed by atoms with Gasteiger partial charge in [0, 0.05) is 18.5 Å². The van der Waals surface area contributed by atoms with Crippen molar-refractivity contribution in [3.63, 3.8) is 0 Å². The average Bonchev–Trinajstić information content (AvgIpc) is 3.07. The molecular weight excluding hydrogens is 355 g/mol. The normalized spacial score (nSPS) is 19.7. The molecule has 2 aromatic rings. The quantitative estimate of drug-likeness (QED) is 0.724. The zero-order chi connectivity index (χ0) is 19.4. The molecule has 2 aromatic carbocycles. The van der Waals surface area contributed by atoms with E-state index >= 15 is 0 Å². The van der Waals surface area contributed by atoms with Gasteiger partial charge in [0.25, 0.3) is 0 Å². The van der Waals surface area contributed by atoms with Crippen molar-refractivity contribution in [3.05, 3.63) is 59.7 Å². The maximum atomic E-state index is 13.1. The van der Waals surface area contributed by atoms with E-state index in [1.54, 1.807) is 0 Å². The highest BCUT2D eigenvalue weighted by atomic mass is 19.4. The molecular formula is C20H22F3N3O. The van der Waals surface area contributed by atoms with E-state index in [1.807, 2.05) is 30.3 Å². The fourth-order valence-electron chi connectivity index (χ4n) is 3.26. The first-order valence-electron chi connectivity index (χ1n) is 8.88. The third-order valence-corrected chi connectivity index (χ3v) is 4.77. The molecule has 0 aromatic heterocycles. The smallest absolute Gasteiger partial charge is 0.379 e. The summed E-state index contributed by atoms with van der Waals surface area (Å²) in [5, 5.41) is 5.77.